The summed E-state index contributed by atoms with van der Waals surface area (Å²) >= 11 is 1.57. The van der Waals surface area contributed by atoms with Crippen molar-refractivity contribution in [3.05, 3.63) is 47.3 Å². The number of pyridine rings is 1. The molecule has 0 bridgehead atoms. The molecule has 0 saturated heterocycles. The van der Waals surface area contributed by atoms with E-state index in [4.69, 9.17) is 0 Å². The summed E-state index contributed by atoms with van der Waals surface area (Å²) in [6, 6.07) is 5.73. The molecule has 1 aromatic rings. The summed E-state index contributed by atoms with van der Waals surface area (Å²) in [5.74, 6) is 0.806. The number of aldehydes is 1. The first-order valence-corrected chi connectivity index (χ1v) is 8.99. The van der Waals surface area contributed by atoms with Crippen molar-refractivity contribution in [2.45, 2.75) is 26.2 Å². The minimum absolute atomic E-state index is 0.00372. The molecule has 0 aliphatic carbocycles. The Labute approximate surface area is 153 Å². The Morgan fingerprint density at radius 3 is 2.72 bits per heavy atom. The van der Waals surface area contributed by atoms with E-state index in [0.29, 0.717) is 17.5 Å². The molecular weight excluding hydrogens is 332 g/mol. The molecule has 130 valence electrons. The number of carbonyl (C=O) groups excluding carboxylic acids is 1. The fourth-order valence-corrected chi connectivity index (χ4v) is 3.05. The van der Waals surface area contributed by atoms with Crippen LogP contribution in [0.3, 0.4) is 0 Å². The lowest BCUT2D eigenvalue weighted by Gasteiger charge is -2.19. The van der Waals surface area contributed by atoms with Crippen LogP contribution in [0.15, 0.2) is 41.0 Å². The van der Waals surface area contributed by atoms with Crippen LogP contribution in [0.25, 0.3) is 5.70 Å². The molecule has 0 atom stereocenters. The summed E-state index contributed by atoms with van der Waals surface area (Å²) in [5.41, 5.74) is 1.90. The quantitative estimate of drug-likeness (QED) is 0.360. The molecule has 0 spiro atoms. The van der Waals surface area contributed by atoms with Crippen LogP contribution in [0.5, 0.6) is 0 Å². The van der Waals surface area contributed by atoms with Gasteiger partial charge in [0.1, 0.15) is 11.6 Å². The van der Waals surface area contributed by atoms with E-state index >= 15 is 0 Å². The summed E-state index contributed by atoms with van der Waals surface area (Å²) < 4.78 is 0. The van der Waals surface area contributed by atoms with Gasteiger partial charge in [-0.3, -0.25) is 9.78 Å². The zero-order valence-corrected chi connectivity index (χ0v) is 15.8. The number of hydrogen-bond donors (Lipinski definition) is 0. The monoisotopic (exact) mass is 354 g/mol. The van der Waals surface area contributed by atoms with Gasteiger partial charge in [-0.2, -0.15) is 5.26 Å². The maximum atomic E-state index is 11.4. The van der Waals surface area contributed by atoms with Gasteiger partial charge in [0.15, 0.2) is 11.5 Å². The summed E-state index contributed by atoms with van der Waals surface area (Å²) in [7, 11) is 1.94. The van der Waals surface area contributed by atoms with Crippen LogP contribution in [0.4, 0.5) is 0 Å². The Balaban J connectivity index is 2.50. The number of aromatic nitrogens is 1. The van der Waals surface area contributed by atoms with E-state index in [-0.39, 0.29) is 11.0 Å². The Bertz CT molecular complexity index is 764. The number of thioether (sulfide) groups is 1. The first-order chi connectivity index (χ1) is 11.9. The Morgan fingerprint density at radius 1 is 1.40 bits per heavy atom. The molecule has 1 aliphatic heterocycles. The summed E-state index contributed by atoms with van der Waals surface area (Å²) in [6.45, 7) is 7.00. The molecule has 1 aliphatic rings. The standard InChI is InChI=1S/C19H22N4OS/c1-19(2,3)16-8-7-14(12-21-16)17(15(11-20)13-24)22-18-23(4)9-5-6-10-25-18/h5-8,12-13H,9-10H2,1-4H3/b17-15-,22-18?. The van der Waals surface area contributed by atoms with Crippen LogP contribution in [-0.2, 0) is 10.2 Å². The van der Waals surface area contributed by atoms with Crippen molar-refractivity contribution in [3.63, 3.8) is 0 Å². The fraction of sp³-hybridized carbons (Fsp3) is 0.368. The molecule has 0 amide bonds. The van der Waals surface area contributed by atoms with E-state index in [0.717, 1.165) is 23.2 Å². The highest BCUT2D eigenvalue weighted by atomic mass is 32.2. The van der Waals surface area contributed by atoms with Crippen molar-refractivity contribution in [1.82, 2.24) is 9.88 Å². The molecule has 0 saturated carbocycles. The van der Waals surface area contributed by atoms with E-state index in [9.17, 15) is 10.1 Å². The third kappa shape index (κ3) is 4.80. The van der Waals surface area contributed by atoms with Gasteiger partial charge in [0.2, 0.25) is 0 Å². The van der Waals surface area contributed by atoms with Gasteiger partial charge in [-0.1, -0.05) is 44.7 Å². The second-order valence-electron chi connectivity index (χ2n) is 6.73. The number of hydrogen-bond acceptors (Lipinski definition) is 5. The van der Waals surface area contributed by atoms with Crippen molar-refractivity contribution in [2.24, 2.45) is 4.99 Å². The molecule has 2 heterocycles. The first-order valence-electron chi connectivity index (χ1n) is 8.01. The summed E-state index contributed by atoms with van der Waals surface area (Å²) in [5, 5.41) is 10.1. The largest absolute Gasteiger partial charge is 0.351 e. The van der Waals surface area contributed by atoms with Crippen LogP contribution in [0, 0.1) is 11.3 Å². The van der Waals surface area contributed by atoms with E-state index < -0.39 is 0 Å². The third-order valence-electron chi connectivity index (χ3n) is 3.69. The Hall–Kier alpha value is -2.39. The highest BCUT2D eigenvalue weighted by Gasteiger charge is 2.17. The Kier molecular flexibility index (Phi) is 6.16. The van der Waals surface area contributed by atoms with Gasteiger partial charge >= 0.3 is 0 Å². The number of amidine groups is 1. The van der Waals surface area contributed by atoms with E-state index in [1.54, 1.807) is 18.0 Å². The van der Waals surface area contributed by atoms with Crippen LogP contribution >= 0.6 is 11.8 Å². The molecule has 0 N–H and O–H groups in total. The van der Waals surface area contributed by atoms with Gasteiger partial charge in [0.05, 0.1) is 5.70 Å². The van der Waals surface area contributed by atoms with Crippen molar-refractivity contribution in [2.75, 3.05) is 19.3 Å². The molecule has 25 heavy (non-hydrogen) atoms. The number of likely N-dealkylation sites (N-methyl/N-ethyl adjacent to an activating group) is 1. The zero-order chi connectivity index (χ0) is 18.4. The summed E-state index contributed by atoms with van der Waals surface area (Å²) in [6.07, 6.45) is 6.39. The average molecular weight is 354 g/mol. The van der Waals surface area contributed by atoms with Gasteiger partial charge < -0.3 is 4.90 Å². The molecule has 0 unspecified atom stereocenters. The van der Waals surface area contributed by atoms with Crippen molar-refractivity contribution >= 4 is 28.9 Å². The third-order valence-corrected chi connectivity index (χ3v) is 4.71. The Morgan fingerprint density at radius 2 is 2.16 bits per heavy atom. The molecule has 6 heteroatoms. The lowest BCUT2D eigenvalue weighted by atomic mass is 9.91. The fourth-order valence-electron chi connectivity index (χ4n) is 2.22. The molecule has 1 aromatic heterocycles. The smallest absolute Gasteiger partial charge is 0.164 e. The van der Waals surface area contributed by atoms with Gasteiger partial charge in [-0.05, 0) is 12.1 Å². The van der Waals surface area contributed by atoms with Crippen molar-refractivity contribution in [3.8, 4) is 6.07 Å². The molecular formula is C19H22N4OS. The van der Waals surface area contributed by atoms with E-state index in [1.807, 2.05) is 30.1 Å². The molecule has 5 nitrogen and oxygen atoms in total. The normalized spacial score (nSPS) is 17.7. The zero-order valence-electron chi connectivity index (χ0n) is 15.0. The number of nitriles is 1. The number of allylic oxidation sites excluding steroid dienone is 1. The van der Waals surface area contributed by atoms with E-state index in [2.05, 4.69) is 42.9 Å². The molecule has 0 radical (unpaired) electrons. The predicted octanol–water partition coefficient (Wildman–Crippen LogP) is 3.40. The van der Waals surface area contributed by atoms with Crippen LogP contribution in [0.2, 0.25) is 0 Å². The maximum absolute atomic E-state index is 11.4. The van der Waals surface area contributed by atoms with Crippen LogP contribution < -0.4 is 0 Å². The maximum Gasteiger partial charge on any atom is 0.164 e. The van der Waals surface area contributed by atoms with Crippen molar-refractivity contribution in [1.29, 1.82) is 5.26 Å². The minimum atomic E-state index is -0.0694. The molecule has 0 aromatic carbocycles. The average Bonchev–Trinajstić information content (AvgIpc) is 2.79. The van der Waals surface area contributed by atoms with E-state index in [1.165, 1.54) is 0 Å². The molecule has 2 rings (SSSR count). The number of carbonyl (C=O) groups is 1. The molecule has 0 fully saturated rings. The van der Waals surface area contributed by atoms with Crippen molar-refractivity contribution < 1.29 is 4.79 Å². The second-order valence-corrected chi connectivity index (χ2v) is 7.72. The SMILES string of the molecule is CN1CC=CCSC1=N/C(=C(/C#N)C=O)c1ccc(C(C)(C)C)nc1. The van der Waals surface area contributed by atoms with Gasteiger partial charge in [0, 0.05) is 42.2 Å². The second kappa shape index (κ2) is 8.13. The lowest BCUT2D eigenvalue weighted by molar-refractivity contribution is -0.104. The number of rotatable bonds is 3. The van der Waals surface area contributed by atoms with Crippen LogP contribution in [-0.4, -0.2) is 40.7 Å². The lowest BCUT2D eigenvalue weighted by Crippen LogP contribution is -2.23. The topological polar surface area (TPSA) is 69.3 Å². The first kappa shape index (κ1) is 18.9. The number of nitrogens with zero attached hydrogens (tertiary/aromatic N) is 4. The van der Waals surface area contributed by atoms with Gasteiger partial charge in [-0.15, -0.1) is 0 Å². The highest BCUT2D eigenvalue weighted by Crippen LogP contribution is 2.25. The van der Waals surface area contributed by atoms with Gasteiger partial charge in [0.25, 0.3) is 0 Å². The number of aliphatic imine (C=N–C) groups is 1. The summed E-state index contributed by atoms with van der Waals surface area (Å²) in [4.78, 5) is 22.5. The van der Waals surface area contributed by atoms with Gasteiger partial charge in [-0.25, -0.2) is 4.99 Å². The predicted molar refractivity (Wildman–Crippen MR) is 103 cm³/mol. The van der Waals surface area contributed by atoms with Crippen LogP contribution in [0.1, 0.15) is 32.0 Å². The highest BCUT2D eigenvalue weighted by molar-refractivity contribution is 8.13. The minimum Gasteiger partial charge on any atom is -0.351 e.